The first-order valence-corrected chi connectivity index (χ1v) is 28.9. The minimum atomic E-state index is -0.470. The van der Waals surface area contributed by atoms with Crippen molar-refractivity contribution in [2.75, 3.05) is 50.3 Å². The van der Waals surface area contributed by atoms with E-state index in [2.05, 4.69) is 143 Å². The number of nitrogens with zero attached hydrogens (tertiary/aromatic N) is 2. The van der Waals surface area contributed by atoms with Gasteiger partial charge in [0, 0.05) is 85.0 Å². The van der Waals surface area contributed by atoms with Gasteiger partial charge in [0.2, 0.25) is 0 Å². The first kappa shape index (κ1) is 70.8. The van der Waals surface area contributed by atoms with Crippen molar-refractivity contribution in [1.29, 1.82) is 0 Å². The van der Waals surface area contributed by atoms with E-state index in [4.69, 9.17) is 9.47 Å². The van der Waals surface area contributed by atoms with E-state index in [0.29, 0.717) is 37.4 Å². The van der Waals surface area contributed by atoms with Gasteiger partial charge in [-0.2, -0.15) is 0 Å². The van der Waals surface area contributed by atoms with E-state index in [9.17, 15) is 20.4 Å². The van der Waals surface area contributed by atoms with E-state index in [0.717, 1.165) is 102 Å². The molecular formula is C76H94N2O6Zr. The van der Waals surface area contributed by atoms with Crippen molar-refractivity contribution in [2.45, 2.75) is 131 Å². The second-order valence-corrected chi connectivity index (χ2v) is 25.3. The third-order valence-electron chi connectivity index (χ3n) is 15.9. The van der Waals surface area contributed by atoms with Crippen LogP contribution in [0.25, 0.3) is 22.3 Å². The number of hydrogen-bond acceptors (Lipinski definition) is 8. The summed E-state index contributed by atoms with van der Waals surface area (Å²) in [7, 11) is 3.40. The van der Waals surface area contributed by atoms with Gasteiger partial charge in [0.1, 0.15) is 11.5 Å². The van der Waals surface area contributed by atoms with Gasteiger partial charge >= 0.3 is 26.2 Å². The summed E-state index contributed by atoms with van der Waals surface area (Å²) in [5.41, 5.74) is 14.6. The van der Waals surface area contributed by atoms with Crippen LogP contribution in [0, 0.1) is 42.5 Å². The van der Waals surface area contributed by atoms with Crippen molar-refractivity contribution in [3.05, 3.63) is 228 Å². The van der Waals surface area contributed by atoms with Gasteiger partial charge in [-0.3, -0.25) is 0 Å². The maximum Gasteiger partial charge on any atom is 4.00 e. The molecule has 8 rings (SSSR count). The third-order valence-corrected chi connectivity index (χ3v) is 15.9. The van der Waals surface area contributed by atoms with Crippen LogP contribution in [-0.4, -0.2) is 50.7 Å². The van der Waals surface area contributed by atoms with Crippen LogP contribution in [0.2, 0.25) is 0 Å². The number of aryl methyl sites for hydroxylation is 4. The second kappa shape index (κ2) is 29.6. The number of phenols is 2. The molecule has 0 spiro atoms. The van der Waals surface area contributed by atoms with Gasteiger partial charge in [0.05, 0.1) is 11.4 Å². The summed E-state index contributed by atoms with van der Waals surface area (Å²) in [5, 5.41) is 51.9. The zero-order valence-electron chi connectivity index (χ0n) is 54.2. The molecule has 0 aliphatic rings. The maximum absolute atomic E-state index is 14.3. The van der Waals surface area contributed by atoms with E-state index in [-0.39, 0.29) is 74.9 Å². The molecular weight excluding hydrogens is 1130 g/mol. The van der Waals surface area contributed by atoms with E-state index in [1.807, 2.05) is 121 Å². The molecule has 0 amide bonds. The number of methoxy groups -OCH3 is 2. The van der Waals surface area contributed by atoms with Crippen LogP contribution in [0.4, 0.5) is 22.7 Å². The molecule has 0 fully saturated rings. The first-order chi connectivity index (χ1) is 38.7. The summed E-state index contributed by atoms with van der Waals surface area (Å²) in [4.78, 5) is 4.30. The summed E-state index contributed by atoms with van der Waals surface area (Å²) in [6, 6.07) is 52.7. The number of phenolic OH excluding ortho intramolecular Hbond substituents is 2. The maximum atomic E-state index is 14.3. The molecule has 2 N–H and O–H groups in total. The van der Waals surface area contributed by atoms with Crippen LogP contribution in [0.15, 0.2) is 158 Å². The van der Waals surface area contributed by atoms with Crippen LogP contribution in [0.5, 0.6) is 23.0 Å². The topological polar surface area (TPSA) is 112 Å². The average Bonchev–Trinajstić information content (AvgIpc) is 3.48. The monoisotopic (exact) mass is 1220 g/mol. The van der Waals surface area contributed by atoms with E-state index in [1.165, 1.54) is 0 Å². The number of anilines is 4. The molecule has 0 saturated carbocycles. The number of aromatic hydroxyl groups is 2. The molecule has 0 radical (unpaired) electrons. The summed E-state index contributed by atoms with van der Waals surface area (Å²) in [6.07, 6.45) is 1.51. The molecule has 8 aromatic carbocycles. The van der Waals surface area contributed by atoms with Gasteiger partial charge in [-0.15, -0.1) is 0 Å². The van der Waals surface area contributed by atoms with Crippen molar-refractivity contribution in [1.82, 2.24) is 0 Å². The van der Waals surface area contributed by atoms with Gasteiger partial charge in [0.15, 0.2) is 0 Å². The van der Waals surface area contributed by atoms with Crippen molar-refractivity contribution < 1.29 is 56.1 Å². The molecule has 0 atom stereocenters. The molecule has 0 aliphatic carbocycles. The molecule has 0 aliphatic heterocycles. The molecule has 85 heavy (non-hydrogen) atoms. The molecule has 448 valence electrons. The Morgan fingerprint density at radius 1 is 0.388 bits per heavy atom. The van der Waals surface area contributed by atoms with Gasteiger partial charge in [-0.25, -0.2) is 0 Å². The van der Waals surface area contributed by atoms with Gasteiger partial charge in [-0.1, -0.05) is 225 Å². The summed E-state index contributed by atoms with van der Waals surface area (Å²) in [5.74, 6) is 0.593. The van der Waals surface area contributed by atoms with Crippen LogP contribution in [0.3, 0.4) is 0 Å². The fraction of sp³-hybridized carbons (Fsp3) is 0.342. The fourth-order valence-electron chi connectivity index (χ4n) is 11.3. The molecule has 0 saturated heterocycles. The SMILES string of the molecule is COCCCN(c1ccccc1-c1cc(C)cc(C(C)(C)c2ccccc2)c1[O-])c1cc(C)cc(C(C)(C)C)c1O.COCCCN(c1ccccc1-c1cc(C)cc(C(C)(C)c2ccccc2)c1[O-])c1cc(C)cc(C(C)(C)C)c1O.[CH3-].[CH3-].[Zr+4]. The van der Waals surface area contributed by atoms with Crippen LogP contribution < -0.4 is 20.0 Å². The second-order valence-electron chi connectivity index (χ2n) is 25.3. The van der Waals surface area contributed by atoms with Gasteiger partial charge in [-0.05, 0) is 120 Å². The molecule has 8 nitrogen and oxygen atoms in total. The zero-order valence-corrected chi connectivity index (χ0v) is 56.6. The van der Waals surface area contributed by atoms with Crippen LogP contribution >= 0.6 is 0 Å². The number of para-hydroxylation sites is 2. The Morgan fingerprint density at radius 3 is 1.00 bits per heavy atom. The summed E-state index contributed by atoms with van der Waals surface area (Å²) >= 11 is 0. The fourth-order valence-corrected chi connectivity index (χ4v) is 11.3. The standard InChI is InChI=1S/2C37H45NO3.2CH3.Zr/c2*1-25-21-29(34(39)31(23-25)37(6,7)27-15-10-9-11-16-27)28-17-12-13-18-32(28)38(19-14-20-41-8)33-24-26(2)22-30(35(33)40)36(3,4)5;;;/h2*9-13,15-18,21-24,39-40H,14,19-20H2,1-8H3;2*1H3;/q;;2*-1;+4/p-2. The molecule has 8 aromatic rings. The predicted octanol–water partition coefficient (Wildman–Crippen LogP) is 18.0. The zero-order chi connectivity index (χ0) is 59.9. The Kier molecular flexibility index (Phi) is 24.7. The minimum Gasteiger partial charge on any atom is -0.872 e. The van der Waals surface area contributed by atoms with Crippen molar-refractivity contribution >= 4 is 22.7 Å². The van der Waals surface area contributed by atoms with E-state index < -0.39 is 10.8 Å². The Labute approximate surface area is 530 Å². The largest absolute Gasteiger partial charge is 4.00 e. The molecule has 9 heteroatoms. The van der Waals surface area contributed by atoms with Crippen LogP contribution in [-0.2, 0) is 57.3 Å². The smallest absolute Gasteiger partial charge is 0.872 e. The Balaban J connectivity index is 0.000000352. The third kappa shape index (κ3) is 16.1. The molecule has 0 unspecified atom stereocenters. The number of hydrogen-bond donors (Lipinski definition) is 2. The minimum absolute atomic E-state index is 0. The van der Waals surface area contributed by atoms with Gasteiger partial charge < -0.3 is 54.6 Å². The normalized spacial score (nSPS) is 11.6. The van der Waals surface area contributed by atoms with Crippen molar-refractivity contribution in [2.24, 2.45) is 0 Å². The summed E-state index contributed by atoms with van der Waals surface area (Å²) < 4.78 is 10.8. The Morgan fingerprint density at radius 2 is 0.682 bits per heavy atom. The molecule has 0 aromatic heterocycles. The van der Waals surface area contributed by atoms with Crippen molar-refractivity contribution in [3.63, 3.8) is 0 Å². The van der Waals surface area contributed by atoms with Gasteiger partial charge in [0.25, 0.3) is 0 Å². The Bertz CT molecular complexity index is 3240. The summed E-state index contributed by atoms with van der Waals surface area (Å²) in [6.45, 7) is 31.8. The van der Waals surface area contributed by atoms with E-state index >= 15 is 0 Å². The molecule has 0 heterocycles. The Hall–Kier alpha value is -6.64. The quantitative estimate of drug-likeness (QED) is 0.0646. The van der Waals surface area contributed by atoms with Crippen LogP contribution in [0.1, 0.15) is 138 Å². The predicted molar refractivity (Wildman–Crippen MR) is 352 cm³/mol. The van der Waals surface area contributed by atoms with E-state index in [1.54, 1.807) is 14.2 Å². The number of ether oxygens (including phenoxy) is 2. The van der Waals surface area contributed by atoms with Crippen molar-refractivity contribution in [3.8, 4) is 45.3 Å². The average molecular weight is 1220 g/mol. The first-order valence-electron chi connectivity index (χ1n) is 28.9. The number of benzene rings is 8. The molecule has 0 bridgehead atoms. The number of rotatable bonds is 18.